The molecule has 2 rings (SSSR count). The van der Waals surface area contributed by atoms with Crippen molar-refractivity contribution < 1.29 is 9.53 Å². The first-order valence-corrected chi connectivity index (χ1v) is 5.94. The van der Waals surface area contributed by atoms with Crippen LogP contribution < -0.4 is 0 Å². The van der Waals surface area contributed by atoms with E-state index < -0.39 is 5.97 Å². The van der Waals surface area contributed by atoms with E-state index in [1.807, 2.05) is 31.2 Å². The van der Waals surface area contributed by atoms with Crippen LogP contribution >= 0.6 is 12.2 Å². The lowest BCUT2D eigenvalue weighted by Gasteiger charge is -2.07. The number of hydrogen-bond acceptors (Lipinski definition) is 3. The summed E-state index contributed by atoms with van der Waals surface area (Å²) in [6.07, 6.45) is 1.57. The van der Waals surface area contributed by atoms with Crippen molar-refractivity contribution in [2.45, 2.75) is 13.5 Å². The number of carbonyl (C=O) groups is 1. The number of nitrogens with one attached hydrogen (secondary N) is 1. The summed E-state index contributed by atoms with van der Waals surface area (Å²) in [7, 11) is 1.36. The van der Waals surface area contributed by atoms with E-state index >= 15 is 0 Å². The summed E-state index contributed by atoms with van der Waals surface area (Å²) in [5.41, 5.74) is 2.72. The maximum atomic E-state index is 11.6. The van der Waals surface area contributed by atoms with E-state index in [0.717, 1.165) is 5.56 Å². The Balaban J connectivity index is 2.34. The van der Waals surface area contributed by atoms with Crippen molar-refractivity contribution >= 4 is 18.2 Å². The zero-order valence-corrected chi connectivity index (χ0v) is 11.1. The van der Waals surface area contributed by atoms with Gasteiger partial charge in [-0.25, -0.2) is 4.79 Å². The van der Waals surface area contributed by atoms with Crippen LogP contribution in [0.15, 0.2) is 30.5 Å². The minimum absolute atomic E-state index is 0.394. The van der Waals surface area contributed by atoms with Crippen LogP contribution in [-0.2, 0) is 11.3 Å². The largest absolute Gasteiger partial charge is 0.464 e. The van der Waals surface area contributed by atoms with Crippen LogP contribution in [0.2, 0.25) is 0 Å². The number of methoxy groups -OCH3 is 1. The van der Waals surface area contributed by atoms with Gasteiger partial charge in [0.05, 0.1) is 13.7 Å². The standard InChI is InChI=1S/C13H14N2O2S/c1-9-3-5-10(6-4-9)8-15-11(12(16)17-2)7-14-13(15)18/h3-7H,8H2,1-2H3,(H,14,18). The van der Waals surface area contributed by atoms with E-state index in [2.05, 4.69) is 4.98 Å². The molecule has 1 aromatic heterocycles. The molecule has 1 N–H and O–H groups in total. The summed E-state index contributed by atoms with van der Waals surface area (Å²) < 4.78 is 6.96. The number of aromatic amines is 1. The van der Waals surface area contributed by atoms with Gasteiger partial charge in [0.15, 0.2) is 4.77 Å². The number of imidazole rings is 1. The van der Waals surface area contributed by atoms with Crippen LogP contribution in [-0.4, -0.2) is 22.6 Å². The molecule has 0 atom stereocenters. The predicted molar refractivity (Wildman–Crippen MR) is 71.2 cm³/mol. The van der Waals surface area contributed by atoms with Crippen molar-refractivity contribution in [1.82, 2.24) is 9.55 Å². The van der Waals surface area contributed by atoms with Crippen LogP contribution in [0.1, 0.15) is 21.6 Å². The summed E-state index contributed by atoms with van der Waals surface area (Å²) in [6, 6.07) is 8.10. The molecule has 5 heteroatoms. The molecule has 94 valence electrons. The van der Waals surface area contributed by atoms with E-state index in [9.17, 15) is 4.79 Å². The number of ether oxygens (including phenoxy) is 1. The van der Waals surface area contributed by atoms with E-state index in [1.54, 1.807) is 10.8 Å². The monoisotopic (exact) mass is 262 g/mol. The predicted octanol–water partition coefficient (Wildman–Crippen LogP) is 2.69. The lowest BCUT2D eigenvalue weighted by atomic mass is 10.1. The zero-order valence-electron chi connectivity index (χ0n) is 10.3. The van der Waals surface area contributed by atoms with Crippen molar-refractivity contribution in [2.24, 2.45) is 0 Å². The Morgan fingerprint density at radius 3 is 2.67 bits per heavy atom. The summed E-state index contributed by atoms with van der Waals surface area (Å²) in [5.74, 6) is -0.394. The number of H-pyrrole nitrogens is 1. The lowest BCUT2D eigenvalue weighted by Crippen LogP contribution is -2.11. The van der Waals surface area contributed by atoms with Crippen LogP contribution in [0.4, 0.5) is 0 Å². The van der Waals surface area contributed by atoms with E-state index in [1.165, 1.54) is 12.7 Å². The smallest absolute Gasteiger partial charge is 0.356 e. The Morgan fingerprint density at radius 2 is 2.06 bits per heavy atom. The molecule has 0 aliphatic heterocycles. The van der Waals surface area contributed by atoms with E-state index in [4.69, 9.17) is 17.0 Å². The lowest BCUT2D eigenvalue weighted by molar-refractivity contribution is 0.0589. The van der Waals surface area contributed by atoms with E-state index in [0.29, 0.717) is 17.0 Å². The third kappa shape index (κ3) is 2.51. The van der Waals surface area contributed by atoms with Gasteiger partial charge in [-0.3, -0.25) is 0 Å². The number of aromatic nitrogens is 2. The molecule has 0 fully saturated rings. The van der Waals surface area contributed by atoms with Gasteiger partial charge in [-0.15, -0.1) is 0 Å². The fourth-order valence-electron chi connectivity index (χ4n) is 1.70. The molecule has 0 amide bonds. The second kappa shape index (κ2) is 5.18. The van der Waals surface area contributed by atoms with Gasteiger partial charge in [-0.05, 0) is 24.7 Å². The zero-order chi connectivity index (χ0) is 13.1. The quantitative estimate of drug-likeness (QED) is 0.683. The molecular formula is C13H14N2O2S. The second-order valence-electron chi connectivity index (χ2n) is 4.04. The van der Waals surface area contributed by atoms with Gasteiger partial charge in [-0.2, -0.15) is 0 Å². The molecule has 2 aromatic rings. The summed E-state index contributed by atoms with van der Waals surface area (Å²) in [6.45, 7) is 2.58. The number of benzene rings is 1. The molecule has 0 saturated heterocycles. The molecule has 1 aromatic carbocycles. The molecule has 0 spiro atoms. The maximum Gasteiger partial charge on any atom is 0.356 e. The molecule has 18 heavy (non-hydrogen) atoms. The Bertz CT molecular complexity index is 611. The minimum Gasteiger partial charge on any atom is -0.464 e. The third-order valence-electron chi connectivity index (χ3n) is 2.72. The van der Waals surface area contributed by atoms with Crippen molar-refractivity contribution in [2.75, 3.05) is 7.11 Å². The Labute approximate surface area is 110 Å². The Morgan fingerprint density at radius 1 is 1.39 bits per heavy atom. The molecule has 0 bridgehead atoms. The number of rotatable bonds is 3. The summed E-state index contributed by atoms with van der Waals surface area (Å²) in [5, 5.41) is 0. The Hall–Kier alpha value is -1.88. The highest BCUT2D eigenvalue weighted by Gasteiger charge is 2.13. The SMILES string of the molecule is COC(=O)c1c[nH]c(=S)n1Cc1ccc(C)cc1. The number of aryl methyl sites for hydroxylation is 1. The van der Waals surface area contributed by atoms with Crippen molar-refractivity contribution in [3.05, 3.63) is 52.1 Å². The van der Waals surface area contributed by atoms with Crippen molar-refractivity contribution in [1.29, 1.82) is 0 Å². The molecule has 0 radical (unpaired) electrons. The van der Waals surface area contributed by atoms with Crippen LogP contribution in [0, 0.1) is 11.7 Å². The average molecular weight is 262 g/mol. The third-order valence-corrected chi connectivity index (χ3v) is 3.06. The van der Waals surface area contributed by atoms with E-state index in [-0.39, 0.29) is 0 Å². The van der Waals surface area contributed by atoms with Gasteiger partial charge in [0.1, 0.15) is 5.69 Å². The molecule has 1 heterocycles. The van der Waals surface area contributed by atoms with Gasteiger partial charge >= 0.3 is 5.97 Å². The van der Waals surface area contributed by atoms with Gasteiger partial charge in [0, 0.05) is 6.20 Å². The molecule has 0 saturated carbocycles. The topological polar surface area (TPSA) is 47.0 Å². The highest BCUT2D eigenvalue weighted by molar-refractivity contribution is 7.71. The first-order valence-electron chi connectivity index (χ1n) is 5.54. The highest BCUT2D eigenvalue weighted by Crippen LogP contribution is 2.10. The number of carbonyl (C=O) groups excluding carboxylic acids is 1. The fraction of sp³-hybridized carbons (Fsp3) is 0.231. The van der Waals surface area contributed by atoms with Crippen LogP contribution in [0.3, 0.4) is 0 Å². The normalized spacial score (nSPS) is 10.3. The first-order chi connectivity index (χ1) is 8.61. The molecule has 0 aliphatic carbocycles. The minimum atomic E-state index is -0.394. The van der Waals surface area contributed by atoms with Crippen molar-refractivity contribution in [3.63, 3.8) is 0 Å². The number of nitrogens with zero attached hydrogens (tertiary/aromatic N) is 1. The molecule has 0 unspecified atom stereocenters. The highest BCUT2D eigenvalue weighted by atomic mass is 32.1. The summed E-state index contributed by atoms with van der Waals surface area (Å²) in [4.78, 5) is 14.4. The number of hydrogen-bond donors (Lipinski definition) is 1. The Kier molecular flexibility index (Phi) is 3.62. The maximum absolute atomic E-state index is 11.6. The summed E-state index contributed by atoms with van der Waals surface area (Å²) >= 11 is 5.16. The molecule has 4 nitrogen and oxygen atoms in total. The molecule has 0 aliphatic rings. The fourth-order valence-corrected chi connectivity index (χ4v) is 1.92. The first kappa shape index (κ1) is 12.6. The van der Waals surface area contributed by atoms with Crippen LogP contribution in [0.25, 0.3) is 0 Å². The van der Waals surface area contributed by atoms with Gasteiger partial charge in [0.25, 0.3) is 0 Å². The second-order valence-corrected chi connectivity index (χ2v) is 4.43. The van der Waals surface area contributed by atoms with Crippen molar-refractivity contribution in [3.8, 4) is 0 Å². The van der Waals surface area contributed by atoms with Gasteiger partial charge < -0.3 is 14.3 Å². The van der Waals surface area contributed by atoms with Gasteiger partial charge in [-0.1, -0.05) is 29.8 Å². The molecular weight excluding hydrogens is 248 g/mol. The van der Waals surface area contributed by atoms with Crippen LogP contribution in [0.5, 0.6) is 0 Å². The number of esters is 1. The average Bonchev–Trinajstić information content (AvgIpc) is 2.73. The van der Waals surface area contributed by atoms with Gasteiger partial charge in [0.2, 0.25) is 0 Å².